The van der Waals surface area contributed by atoms with E-state index in [1.807, 2.05) is 146 Å². The van der Waals surface area contributed by atoms with Gasteiger partial charge in [0.25, 0.3) is 0 Å². The van der Waals surface area contributed by atoms with Crippen molar-refractivity contribution < 1.29 is 15.3 Å². The molecule has 0 aliphatic heterocycles. The average molecular weight is 585 g/mol. The summed E-state index contributed by atoms with van der Waals surface area (Å²) >= 11 is 0. The molecule has 0 saturated heterocycles. The van der Waals surface area contributed by atoms with E-state index in [2.05, 4.69) is 12.2 Å². The maximum absolute atomic E-state index is 12.3. The van der Waals surface area contributed by atoms with E-state index in [1.165, 1.54) is 0 Å². The van der Waals surface area contributed by atoms with E-state index in [4.69, 9.17) is 0 Å². The minimum absolute atomic E-state index is 0.0684. The maximum Gasteiger partial charge on any atom is 0.138 e. The molecule has 0 aromatic heterocycles. The summed E-state index contributed by atoms with van der Waals surface area (Å²) in [5.74, 6) is -0.452. The molecular weight excluding hydrogens is 552 g/mol. The maximum atomic E-state index is 12.3. The van der Waals surface area contributed by atoms with Crippen LogP contribution in [0.25, 0.3) is 55.6 Å². The van der Waals surface area contributed by atoms with Gasteiger partial charge in [-0.15, -0.1) is 0 Å². The van der Waals surface area contributed by atoms with Crippen LogP contribution < -0.4 is 0 Å². The summed E-state index contributed by atoms with van der Waals surface area (Å²) in [6.07, 6.45) is 9.14. The third-order valence-electron chi connectivity index (χ3n) is 8.59. The predicted molar refractivity (Wildman–Crippen MR) is 184 cm³/mol. The fourth-order valence-corrected chi connectivity index (χ4v) is 6.48. The quantitative estimate of drug-likeness (QED) is 0.182. The number of hydrogen-bond acceptors (Lipinski definition) is 3. The second-order valence-electron chi connectivity index (χ2n) is 11.2. The molecule has 0 bridgehead atoms. The van der Waals surface area contributed by atoms with E-state index < -0.39 is 0 Å². The molecule has 3 N–H and O–H groups in total. The molecule has 0 heterocycles. The predicted octanol–water partition coefficient (Wildman–Crippen LogP) is 10.7. The van der Waals surface area contributed by atoms with Crippen LogP contribution in [0, 0.1) is 0 Å². The van der Waals surface area contributed by atoms with Crippen LogP contribution >= 0.6 is 0 Å². The molecule has 1 atom stereocenters. The highest BCUT2D eigenvalue weighted by molar-refractivity contribution is 6.03. The van der Waals surface area contributed by atoms with Crippen molar-refractivity contribution in [1.29, 1.82) is 0 Å². The van der Waals surface area contributed by atoms with E-state index in [9.17, 15) is 15.3 Å². The second kappa shape index (κ2) is 12.1. The van der Waals surface area contributed by atoms with Gasteiger partial charge in [-0.3, -0.25) is 0 Å². The molecule has 6 aromatic carbocycles. The number of phenolic OH excluding ortho intramolecular Hbond substituents is 3. The lowest BCUT2D eigenvalue weighted by Crippen LogP contribution is -2.01. The van der Waals surface area contributed by atoms with Gasteiger partial charge in [0.1, 0.15) is 17.2 Å². The molecule has 6 aromatic rings. The molecule has 1 aliphatic carbocycles. The van der Waals surface area contributed by atoms with Gasteiger partial charge in [0, 0.05) is 5.92 Å². The average Bonchev–Trinajstić information content (AvgIpc) is 3.10. The van der Waals surface area contributed by atoms with Gasteiger partial charge >= 0.3 is 0 Å². The lowest BCUT2D eigenvalue weighted by molar-refractivity contribution is 0.436. The Morgan fingerprint density at radius 1 is 0.400 bits per heavy atom. The number of rotatable bonds is 6. The molecule has 0 amide bonds. The largest absolute Gasteiger partial charge is 0.506 e. The molecule has 218 valence electrons. The Kier molecular flexibility index (Phi) is 7.51. The lowest BCUT2D eigenvalue weighted by atomic mass is 9.82. The first kappa shape index (κ1) is 28.0. The molecule has 1 aliphatic rings. The minimum Gasteiger partial charge on any atom is -0.506 e. The smallest absolute Gasteiger partial charge is 0.138 e. The number of phenols is 3. The van der Waals surface area contributed by atoms with Crippen LogP contribution in [0.3, 0.4) is 0 Å². The molecule has 1 unspecified atom stereocenters. The molecule has 0 radical (unpaired) electrons. The summed E-state index contributed by atoms with van der Waals surface area (Å²) < 4.78 is 0. The Labute approximate surface area is 263 Å². The number of aromatic hydroxyl groups is 3. The zero-order valence-corrected chi connectivity index (χ0v) is 24.6. The molecule has 0 fully saturated rings. The normalized spacial score (nSPS) is 14.0. The number of hydrogen-bond donors (Lipinski definition) is 3. The fraction of sp³-hybridized carbons (Fsp3) is 0.0476. The number of allylic oxidation sites excluding steroid dienone is 4. The summed E-state index contributed by atoms with van der Waals surface area (Å²) in [7, 11) is 0. The van der Waals surface area contributed by atoms with Crippen LogP contribution in [0.4, 0.5) is 0 Å². The van der Waals surface area contributed by atoms with Crippen LogP contribution in [0.1, 0.15) is 17.9 Å². The first-order valence-electron chi connectivity index (χ1n) is 15.2. The first-order valence-corrected chi connectivity index (χ1v) is 15.2. The van der Waals surface area contributed by atoms with Gasteiger partial charge in [0.05, 0.1) is 16.7 Å². The van der Waals surface area contributed by atoms with Crippen molar-refractivity contribution in [3.63, 3.8) is 0 Å². The number of benzene rings is 6. The lowest BCUT2D eigenvalue weighted by Gasteiger charge is -2.24. The Hall–Kier alpha value is -5.80. The van der Waals surface area contributed by atoms with Gasteiger partial charge in [0.2, 0.25) is 0 Å². The highest BCUT2D eigenvalue weighted by atomic mass is 16.3. The Balaban J connectivity index is 1.58. The highest BCUT2D eigenvalue weighted by Crippen LogP contribution is 2.58. The van der Waals surface area contributed by atoms with Crippen molar-refractivity contribution in [1.82, 2.24) is 0 Å². The Bertz CT molecular complexity index is 1950. The monoisotopic (exact) mass is 584 g/mol. The summed E-state index contributed by atoms with van der Waals surface area (Å²) in [6, 6.07) is 43.2. The third kappa shape index (κ3) is 5.09. The van der Waals surface area contributed by atoms with Crippen molar-refractivity contribution in [2.75, 3.05) is 0 Å². The van der Waals surface area contributed by atoms with E-state index in [-0.39, 0.29) is 34.3 Å². The zero-order chi connectivity index (χ0) is 30.8. The van der Waals surface area contributed by atoms with Gasteiger partial charge in [-0.25, -0.2) is 0 Å². The van der Waals surface area contributed by atoms with Crippen molar-refractivity contribution in [2.45, 2.75) is 12.3 Å². The Morgan fingerprint density at radius 2 is 0.800 bits per heavy atom. The summed E-state index contributed by atoms with van der Waals surface area (Å²) in [5, 5.41) is 36.8. The van der Waals surface area contributed by atoms with Gasteiger partial charge in [-0.1, -0.05) is 158 Å². The second-order valence-corrected chi connectivity index (χ2v) is 11.2. The molecule has 0 spiro atoms. The van der Waals surface area contributed by atoms with Crippen LogP contribution in [0.15, 0.2) is 158 Å². The molecule has 3 nitrogen and oxygen atoms in total. The van der Waals surface area contributed by atoms with Gasteiger partial charge in [-0.05, 0) is 50.9 Å². The van der Waals surface area contributed by atoms with Crippen molar-refractivity contribution >= 4 is 0 Å². The summed E-state index contributed by atoms with van der Waals surface area (Å²) in [5.41, 5.74) is 7.48. The van der Waals surface area contributed by atoms with Crippen LogP contribution in [-0.4, -0.2) is 15.3 Å². The zero-order valence-electron chi connectivity index (χ0n) is 24.6. The van der Waals surface area contributed by atoms with Crippen molar-refractivity contribution in [3.8, 4) is 72.9 Å². The van der Waals surface area contributed by atoms with Gasteiger partial charge in [0.15, 0.2) is 0 Å². The summed E-state index contributed by atoms with van der Waals surface area (Å²) in [6.45, 7) is 0. The highest BCUT2D eigenvalue weighted by Gasteiger charge is 2.30. The fourth-order valence-electron chi connectivity index (χ4n) is 6.48. The first-order chi connectivity index (χ1) is 22.1. The molecule has 0 saturated carbocycles. The topological polar surface area (TPSA) is 60.7 Å². The van der Waals surface area contributed by atoms with Gasteiger partial charge in [-0.2, -0.15) is 0 Å². The minimum atomic E-state index is -0.182. The van der Waals surface area contributed by atoms with E-state index in [0.717, 1.165) is 34.2 Å². The molecule has 7 rings (SSSR count). The molecule has 45 heavy (non-hydrogen) atoms. The standard InChI is InChI=1S/C42H32O3/c43-40-37(34-25-13-10-22-31(34)28-16-4-1-5-17-28)41(44)39(36-27-15-12-24-33(36)30-20-8-3-9-21-30)42(45)38(40)35-26-14-11-23-32(35)29-18-6-2-7-19-29/h1-20,22-27,30,43-45H,21H2. The molecule has 3 heteroatoms. The van der Waals surface area contributed by atoms with E-state index >= 15 is 0 Å². The Morgan fingerprint density at radius 3 is 1.27 bits per heavy atom. The van der Waals surface area contributed by atoms with E-state index in [1.54, 1.807) is 0 Å². The SMILES string of the molecule is Oc1c(-c2ccccc2-c2ccccc2)c(O)c(-c2ccccc2C2C=CC=CC2)c(O)c1-c1ccccc1-c1ccccc1. The van der Waals surface area contributed by atoms with Crippen molar-refractivity contribution in [3.05, 3.63) is 163 Å². The summed E-state index contributed by atoms with van der Waals surface area (Å²) in [4.78, 5) is 0. The molecular formula is C42H32O3. The van der Waals surface area contributed by atoms with Crippen LogP contribution in [-0.2, 0) is 0 Å². The van der Waals surface area contributed by atoms with Crippen LogP contribution in [0.2, 0.25) is 0 Å². The van der Waals surface area contributed by atoms with Crippen LogP contribution in [0.5, 0.6) is 17.2 Å². The van der Waals surface area contributed by atoms with Crippen molar-refractivity contribution in [2.24, 2.45) is 0 Å². The van der Waals surface area contributed by atoms with Gasteiger partial charge < -0.3 is 15.3 Å². The van der Waals surface area contributed by atoms with E-state index in [0.29, 0.717) is 22.3 Å². The third-order valence-corrected chi connectivity index (χ3v) is 8.59.